The molecule has 74 valence electrons. The summed E-state index contributed by atoms with van der Waals surface area (Å²) in [4.78, 5) is 5.56. The average Bonchev–Trinajstić information content (AvgIpc) is 2.86. The van der Waals surface area contributed by atoms with Gasteiger partial charge in [-0.25, -0.2) is 4.98 Å². The van der Waals surface area contributed by atoms with Crippen LogP contribution in [0.5, 0.6) is 0 Å². The fraction of sp³-hybridized carbons (Fsp3) is 0.333. The number of rotatable bonds is 4. The van der Waals surface area contributed by atoms with Crippen molar-refractivity contribution in [3.05, 3.63) is 29.0 Å². The second kappa shape index (κ2) is 4.23. The highest BCUT2D eigenvalue weighted by molar-refractivity contribution is 7.15. The Kier molecular flexibility index (Phi) is 2.78. The SMILES string of the molecule is CCc1cnc(NCc2ccn[nH]2)s1. The van der Waals surface area contributed by atoms with Crippen molar-refractivity contribution >= 4 is 16.5 Å². The van der Waals surface area contributed by atoms with Crippen LogP contribution in [0.15, 0.2) is 18.5 Å². The first-order valence-electron chi connectivity index (χ1n) is 4.55. The number of hydrogen-bond donors (Lipinski definition) is 2. The van der Waals surface area contributed by atoms with Crippen molar-refractivity contribution in [1.29, 1.82) is 0 Å². The lowest BCUT2D eigenvalue weighted by Crippen LogP contribution is -1.98. The summed E-state index contributed by atoms with van der Waals surface area (Å²) in [7, 11) is 0. The van der Waals surface area contributed by atoms with Crippen molar-refractivity contribution in [2.45, 2.75) is 19.9 Å². The van der Waals surface area contributed by atoms with E-state index in [9.17, 15) is 0 Å². The molecule has 2 heterocycles. The summed E-state index contributed by atoms with van der Waals surface area (Å²) in [6.07, 6.45) is 4.71. The number of thiazole rings is 1. The molecule has 5 heteroatoms. The van der Waals surface area contributed by atoms with E-state index in [1.807, 2.05) is 12.3 Å². The third-order valence-corrected chi connectivity index (χ3v) is 2.99. The summed E-state index contributed by atoms with van der Waals surface area (Å²) < 4.78 is 0. The second-order valence-corrected chi connectivity index (χ2v) is 4.04. The molecule has 0 fully saturated rings. The number of aromatic nitrogens is 3. The summed E-state index contributed by atoms with van der Waals surface area (Å²) in [6.45, 7) is 2.88. The third-order valence-electron chi connectivity index (χ3n) is 1.89. The Morgan fingerprint density at radius 1 is 1.57 bits per heavy atom. The topological polar surface area (TPSA) is 53.6 Å². The van der Waals surface area contributed by atoms with Crippen LogP contribution in [-0.2, 0) is 13.0 Å². The van der Waals surface area contributed by atoms with Gasteiger partial charge in [0.15, 0.2) is 5.13 Å². The van der Waals surface area contributed by atoms with Crippen LogP contribution >= 0.6 is 11.3 Å². The van der Waals surface area contributed by atoms with Gasteiger partial charge in [0.25, 0.3) is 0 Å². The van der Waals surface area contributed by atoms with E-state index >= 15 is 0 Å². The molecule has 4 nitrogen and oxygen atoms in total. The van der Waals surface area contributed by atoms with Crippen molar-refractivity contribution in [2.75, 3.05) is 5.32 Å². The molecular weight excluding hydrogens is 196 g/mol. The van der Waals surface area contributed by atoms with Crippen molar-refractivity contribution < 1.29 is 0 Å². The monoisotopic (exact) mass is 208 g/mol. The maximum Gasteiger partial charge on any atom is 0.183 e. The van der Waals surface area contributed by atoms with Gasteiger partial charge in [0.1, 0.15) is 0 Å². The molecule has 0 saturated carbocycles. The molecule has 0 aliphatic rings. The maximum atomic E-state index is 4.26. The van der Waals surface area contributed by atoms with Crippen LogP contribution in [0, 0.1) is 0 Å². The molecule has 0 saturated heterocycles. The van der Waals surface area contributed by atoms with E-state index in [2.05, 4.69) is 27.4 Å². The third kappa shape index (κ3) is 2.11. The molecule has 0 bridgehead atoms. The second-order valence-electron chi connectivity index (χ2n) is 2.92. The highest BCUT2D eigenvalue weighted by atomic mass is 32.1. The number of aromatic amines is 1. The Morgan fingerprint density at radius 2 is 2.50 bits per heavy atom. The fourth-order valence-electron chi connectivity index (χ4n) is 1.11. The van der Waals surface area contributed by atoms with E-state index in [0.717, 1.165) is 23.8 Å². The minimum Gasteiger partial charge on any atom is -0.356 e. The molecule has 0 spiro atoms. The lowest BCUT2D eigenvalue weighted by atomic mass is 10.4. The normalized spacial score (nSPS) is 10.4. The standard InChI is InChI=1S/C9H12N4S/c1-2-8-6-11-9(14-8)10-5-7-3-4-12-13-7/h3-4,6H,2,5H2,1H3,(H,10,11)(H,12,13). The first-order chi connectivity index (χ1) is 6.88. The van der Waals surface area contributed by atoms with Crippen LogP contribution < -0.4 is 5.32 Å². The quantitative estimate of drug-likeness (QED) is 0.808. The van der Waals surface area contributed by atoms with Gasteiger partial charge >= 0.3 is 0 Å². The van der Waals surface area contributed by atoms with Crippen LogP contribution in [0.25, 0.3) is 0 Å². The first kappa shape index (κ1) is 9.21. The first-order valence-corrected chi connectivity index (χ1v) is 5.37. The molecule has 0 amide bonds. The highest BCUT2D eigenvalue weighted by Crippen LogP contribution is 2.18. The molecule has 2 rings (SSSR count). The lowest BCUT2D eigenvalue weighted by molar-refractivity contribution is 0.979. The highest BCUT2D eigenvalue weighted by Gasteiger charge is 1.99. The zero-order valence-electron chi connectivity index (χ0n) is 7.95. The number of anilines is 1. The molecule has 14 heavy (non-hydrogen) atoms. The van der Waals surface area contributed by atoms with Gasteiger partial charge in [-0.1, -0.05) is 6.92 Å². The predicted molar refractivity (Wildman–Crippen MR) is 57.4 cm³/mol. The van der Waals surface area contributed by atoms with Crippen LogP contribution in [0.4, 0.5) is 5.13 Å². The molecule has 0 atom stereocenters. The Labute approximate surface area is 86.4 Å². The zero-order valence-corrected chi connectivity index (χ0v) is 8.77. The van der Waals surface area contributed by atoms with Gasteiger partial charge in [0.05, 0.1) is 12.2 Å². The Hall–Kier alpha value is -1.36. The van der Waals surface area contributed by atoms with Crippen LogP contribution in [-0.4, -0.2) is 15.2 Å². The molecule has 2 N–H and O–H groups in total. The molecule has 0 aromatic carbocycles. The van der Waals surface area contributed by atoms with Crippen molar-refractivity contribution in [3.8, 4) is 0 Å². The number of nitrogens with zero attached hydrogens (tertiary/aromatic N) is 2. The van der Waals surface area contributed by atoms with E-state index in [4.69, 9.17) is 0 Å². The fourth-order valence-corrected chi connectivity index (χ4v) is 1.85. The van der Waals surface area contributed by atoms with E-state index < -0.39 is 0 Å². The molecule has 0 radical (unpaired) electrons. The predicted octanol–water partition coefficient (Wildman–Crippen LogP) is 2.04. The van der Waals surface area contributed by atoms with E-state index in [1.54, 1.807) is 17.5 Å². The molecular formula is C9H12N4S. The van der Waals surface area contributed by atoms with Crippen LogP contribution in [0.3, 0.4) is 0 Å². The van der Waals surface area contributed by atoms with Gasteiger partial charge in [0, 0.05) is 17.3 Å². The molecule has 0 unspecified atom stereocenters. The maximum absolute atomic E-state index is 4.26. The number of nitrogens with one attached hydrogen (secondary N) is 2. The van der Waals surface area contributed by atoms with Crippen molar-refractivity contribution in [1.82, 2.24) is 15.2 Å². The van der Waals surface area contributed by atoms with Crippen LogP contribution in [0.2, 0.25) is 0 Å². The summed E-state index contributed by atoms with van der Waals surface area (Å²) in [5, 5.41) is 11.0. The summed E-state index contributed by atoms with van der Waals surface area (Å²) in [5.74, 6) is 0. The number of H-pyrrole nitrogens is 1. The van der Waals surface area contributed by atoms with Gasteiger partial charge in [-0.15, -0.1) is 11.3 Å². The Morgan fingerprint density at radius 3 is 3.14 bits per heavy atom. The van der Waals surface area contributed by atoms with Gasteiger partial charge in [-0.05, 0) is 12.5 Å². The molecule has 0 aliphatic carbocycles. The van der Waals surface area contributed by atoms with Gasteiger partial charge in [0.2, 0.25) is 0 Å². The Balaban J connectivity index is 1.92. The lowest BCUT2D eigenvalue weighted by Gasteiger charge is -1.98. The Bertz CT molecular complexity index is 379. The summed E-state index contributed by atoms with van der Waals surface area (Å²) in [5.41, 5.74) is 1.07. The van der Waals surface area contributed by atoms with Crippen molar-refractivity contribution in [3.63, 3.8) is 0 Å². The van der Waals surface area contributed by atoms with E-state index in [-0.39, 0.29) is 0 Å². The number of aryl methyl sites for hydroxylation is 1. The molecule has 2 aromatic rings. The molecule has 0 aliphatic heterocycles. The van der Waals surface area contributed by atoms with E-state index in [0.29, 0.717) is 0 Å². The number of hydrogen-bond acceptors (Lipinski definition) is 4. The zero-order chi connectivity index (χ0) is 9.80. The largest absolute Gasteiger partial charge is 0.356 e. The summed E-state index contributed by atoms with van der Waals surface area (Å²) >= 11 is 1.70. The van der Waals surface area contributed by atoms with Crippen molar-refractivity contribution in [2.24, 2.45) is 0 Å². The molecule has 2 aromatic heterocycles. The van der Waals surface area contributed by atoms with Gasteiger partial charge < -0.3 is 5.32 Å². The van der Waals surface area contributed by atoms with Gasteiger partial charge in [-0.2, -0.15) is 5.10 Å². The van der Waals surface area contributed by atoms with E-state index in [1.165, 1.54) is 4.88 Å². The minimum atomic E-state index is 0.747. The van der Waals surface area contributed by atoms with Gasteiger partial charge in [-0.3, -0.25) is 5.10 Å². The smallest absolute Gasteiger partial charge is 0.183 e. The minimum absolute atomic E-state index is 0.747. The van der Waals surface area contributed by atoms with Crippen LogP contribution in [0.1, 0.15) is 17.5 Å². The average molecular weight is 208 g/mol. The summed E-state index contributed by atoms with van der Waals surface area (Å²) in [6, 6.07) is 1.95.